The Bertz CT molecular complexity index is 946. The number of halogens is 1. The molecule has 0 saturated heterocycles. The molecule has 1 heterocycles. The lowest BCUT2D eigenvalue weighted by Gasteiger charge is -2.37. The molecule has 1 N–H and O–H groups in total. The molecule has 4 rings (SSSR count). The summed E-state index contributed by atoms with van der Waals surface area (Å²) in [5.41, 5.74) is 4.04. The average molecular weight is 422 g/mol. The number of carbonyl (C=O) groups is 1. The molecular formula is C25H28ClN3O. The van der Waals surface area contributed by atoms with Crippen molar-refractivity contribution in [1.29, 1.82) is 5.26 Å². The van der Waals surface area contributed by atoms with Crippen molar-refractivity contribution in [2.24, 2.45) is 5.92 Å². The highest BCUT2D eigenvalue weighted by molar-refractivity contribution is 6.30. The van der Waals surface area contributed by atoms with E-state index in [9.17, 15) is 10.1 Å². The summed E-state index contributed by atoms with van der Waals surface area (Å²) in [6.45, 7) is 1.47. The van der Waals surface area contributed by atoms with Crippen molar-refractivity contribution < 1.29 is 4.79 Å². The number of anilines is 1. The summed E-state index contributed by atoms with van der Waals surface area (Å²) in [5.74, 6) is 0.692. The van der Waals surface area contributed by atoms with Gasteiger partial charge in [-0.05, 0) is 66.6 Å². The average Bonchev–Trinajstić information content (AvgIpc) is 2.74. The lowest BCUT2D eigenvalue weighted by molar-refractivity contribution is -0.122. The number of nitrogens with one attached hydrogen (secondary N) is 1. The highest BCUT2D eigenvalue weighted by Gasteiger charge is 2.27. The monoisotopic (exact) mass is 421 g/mol. The number of nitrogens with zero attached hydrogens (tertiary/aromatic N) is 2. The van der Waals surface area contributed by atoms with Crippen molar-refractivity contribution in [2.75, 3.05) is 11.4 Å². The fourth-order valence-corrected chi connectivity index (χ4v) is 5.08. The van der Waals surface area contributed by atoms with Crippen LogP contribution in [0.4, 0.5) is 5.69 Å². The van der Waals surface area contributed by atoms with Crippen molar-refractivity contribution in [3.63, 3.8) is 0 Å². The third-order valence-corrected chi connectivity index (χ3v) is 6.52. The predicted octanol–water partition coefficient (Wildman–Crippen LogP) is 5.23. The molecule has 4 nitrogen and oxygen atoms in total. The minimum absolute atomic E-state index is 0.0433. The number of carbonyl (C=O) groups excluding carboxylic acids is 1. The van der Waals surface area contributed by atoms with Gasteiger partial charge in [0.25, 0.3) is 0 Å². The smallest absolute Gasteiger partial charge is 0.220 e. The fraction of sp³-hybridized carbons (Fsp3) is 0.440. The standard InChI is InChI=1S/C25H28ClN3O/c26-22-8-4-7-20(12-22)16-29-17-23(14-21-11-19(15-27)9-10-24(21)29)28-25(30)13-18-5-2-1-3-6-18/h4,7-12,18,23H,1-3,5-6,13-14,16-17H2,(H,28,30)/t23-/m1/s1. The summed E-state index contributed by atoms with van der Waals surface area (Å²) < 4.78 is 0. The van der Waals surface area contributed by atoms with Crippen LogP contribution in [0.25, 0.3) is 0 Å². The van der Waals surface area contributed by atoms with Crippen LogP contribution in [-0.4, -0.2) is 18.5 Å². The molecule has 1 amide bonds. The summed E-state index contributed by atoms with van der Waals surface area (Å²) in [5, 5.41) is 13.3. The third-order valence-electron chi connectivity index (χ3n) is 6.28. The molecule has 1 fully saturated rings. The fourth-order valence-electron chi connectivity index (χ4n) is 4.86. The second-order valence-corrected chi connectivity index (χ2v) is 9.08. The second-order valence-electron chi connectivity index (χ2n) is 8.64. The van der Waals surface area contributed by atoms with Crippen molar-refractivity contribution in [3.8, 4) is 6.07 Å². The van der Waals surface area contributed by atoms with Crippen LogP contribution >= 0.6 is 11.6 Å². The number of benzene rings is 2. The Morgan fingerprint density at radius 3 is 2.77 bits per heavy atom. The molecule has 1 aliphatic carbocycles. The zero-order valence-electron chi connectivity index (χ0n) is 17.2. The predicted molar refractivity (Wildman–Crippen MR) is 120 cm³/mol. The van der Waals surface area contributed by atoms with Crippen LogP contribution < -0.4 is 10.2 Å². The van der Waals surface area contributed by atoms with Crippen LogP contribution in [0.5, 0.6) is 0 Å². The molecule has 30 heavy (non-hydrogen) atoms. The number of amides is 1. The van der Waals surface area contributed by atoms with Crippen LogP contribution in [-0.2, 0) is 17.8 Å². The van der Waals surface area contributed by atoms with Gasteiger partial charge in [-0.3, -0.25) is 4.79 Å². The molecule has 2 aliphatic rings. The number of fused-ring (bicyclic) bond motifs is 1. The van der Waals surface area contributed by atoms with E-state index in [2.05, 4.69) is 22.4 Å². The van der Waals surface area contributed by atoms with Gasteiger partial charge < -0.3 is 10.2 Å². The minimum atomic E-state index is 0.0433. The summed E-state index contributed by atoms with van der Waals surface area (Å²) in [7, 11) is 0. The SMILES string of the molecule is N#Cc1ccc2c(c1)C[C@@H](NC(=O)CC1CCCCC1)CN2Cc1cccc(Cl)c1. The summed E-state index contributed by atoms with van der Waals surface area (Å²) >= 11 is 6.18. The van der Waals surface area contributed by atoms with Gasteiger partial charge in [0.15, 0.2) is 0 Å². The number of hydrogen-bond acceptors (Lipinski definition) is 3. The molecule has 2 aromatic rings. The van der Waals surface area contributed by atoms with Crippen molar-refractivity contribution in [2.45, 2.75) is 57.5 Å². The van der Waals surface area contributed by atoms with Gasteiger partial charge in [0, 0.05) is 30.2 Å². The lowest BCUT2D eigenvalue weighted by Crippen LogP contribution is -2.48. The lowest BCUT2D eigenvalue weighted by atomic mass is 9.86. The van der Waals surface area contributed by atoms with Crippen LogP contribution in [0.15, 0.2) is 42.5 Å². The molecule has 2 aromatic carbocycles. The molecule has 1 atom stereocenters. The van der Waals surface area contributed by atoms with Gasteiger partial charge >= 0.3 is 0 Å². The molecule has 156 valence electrons. The molecule has 0 unspecified atom stereocenters. The van der Waals surface area contributed by atoms with Crippen LogP contribution in [0.1, 0.15) is 55.2 Å². The van der Waals surface area contributed by atoms with Gasteiger partial charge in [0.2, 0.25) is 5.91 Å². The Hall–Kier alpha value is -2.51. The normalized spacial score (nSPS) is 19.1. The van der Waals surface area contributed by atoms with E-state index >= 15 is 0 Å². The zero-order chi connectivity index (χ0) is 20.9. The van der Waals surface area contributed by atoms with E-state index in [0.29, 0.717) is 24.4 Å². The molecule has 0 aromatic heterocycles. The Balaban J connectivity index is 1.50. The first kappa shape index (κ1) is 20.8. The van der Waals surface area contributed by atoms with Gasteiger partial charge in [-0.15, -0.1) is 0 Å². The second kappa shape index (κ2) is 9.53. The minimum Gasteiger partial charge on any atom is -0.365 e. The van der Waals surface area contributed by atoms with Crippen molar-refractivity contribution in [1.82, 2.24) is 5.32 Å². The quantitative estimate of drug-likeness (QED) is 0.719. The summed E-state index contributed by atoms with van der Waals surface area (Å²) in [6, 6.07) is 16.0. The van der Waals surface area contributed by atoms with Gasteiger partial charge in [-0.25, -0.2) is 0 Å². The first-order chi connectivity index (χ1) is 14.6. The van der Waals surface area contributed by atoms with Crippen molar-refractivity contribution in [3.05, 3.63) is 64.2 Å². The third kappa shape index (κ3) is 5.15. The van der Waals surface area contributed by atoms with Gasteiger partial charge in [0.1, 0.15) is 0 Å². The summed E-state index contributed by atoms with van der Waals surface area (Å²) in [6.07, 6.45) is 7.54. The first-order valence-electron chi connectivity index (χ1n) is 10.9. The maximum Gasteiger partial charge on any atom is 0.220 e. The van der Waals surface area contributed by atoms with Crippen LogP contribution in [0, 0.1) is 17.2 Å². The largest absolute Gasteiger partial charge is 0.365 e. The number of hydrogen-bond donors (Lipinski definition) is 1. The van der Waals surface area contributed by atoms with Gasteiger partial charge in [-0.2, -0.15) is 5.26 Å². The number of nitriles is 1. The van der Waals surface area contributed by atoms with Gasteiger partial charge in [-0.1, -0.05) is 43.0 Å². The molecule has 1 aliphatic heterocycles. The highest BCUT2D eigenvalue weighted by atomic mass is 35.5. The van der Waals surface area contributed by atoms with Crippen molar-refractivity contribution >= 4 is 23.2 Å². The molecular weight excluding hydrogens is 394 g/mol. The van der Waals surface area contributed by atoms with E-state index in [1.807, 2.05) is 36.4 Å². The Labute approximate surface area is 183 Å². The molecule has 0 spiro atoms. The Morgan fingerprint density at radius 1 is 1.17 bits per heavy atom. The number of rotatable bonds is 5. The molecule has 0 radical (unpaired) electrons. The molecule has 1 saturated carbocycles. The summed E-state index contributed by atoms with van der Waals surface area (Å²) in [4.78, 5) is 15.0. The van der Waals surface area contributed by atoms with E-state index in [1.54, 1.807) is 0 Å². The van der Waals surface area contributed by atoms with E-state index in [0.717, 1.165) is 34.8 Å². The van der Waals surface area contributed by atoms with Gasteiger partial charge in [0.05, 0.1) is 17.7 Å². The molecule has 5 heteroatoms. The van der Waals surface area contributed by atoms with E-state index in [-0.39, 0.29) is 11.9 Å². The zero-order valence-corrected chi connectivity index (χ0v) is 18.0. The topological polar surface area (TPSA) is 56.1 Å². The van der Waals surface area contributed by atoms with E-state index < -0.39 is 0 Å². The first-order valence-corrected chi connectivity index (χ1v) is 11.3. The Morgan fingerprint density at radius 2 is 2.00 bits per heavy atom. The van der Waals surface area contributed by atoms with Crippen LogP contribution in [0.2, 0.25) is 5.02 Å². The van der Waals surface area contributed by atoms with E-state index in [1.165, 1.54) is 32.1 Å². The van der Waals surface area contributed by atoms with E-state index in [4.69, 9.17) is 11.6 Å². The molecule has 0 bridgehead atoms. The maximum absolute atomic E-state index is 12.7. The van der Waals surface area contributed by atoms with Crippen LogP contribution in [0.3, 0.4) is 0 Å². The maximum atomic E-state index is 12.7. The Kier molecular flexibility index (Phi) is 6.59. The highest BCUT2D eigenvalue weighted by Crippen LogP contribution is 2.31.